The minimum absolute atomic E-state index is 0.0777. The van der Waals surface area contributed by atoms with Crippen LogP contribution in [0.4, 0.5) is 10.6 Å². The number of hydrogen-bond donors (Lipinski definition) is 3. The first-order chi connectivity index (χ1) is 20.1. The van der Waals surface area contributed by atoms with E-state index < -0.39 is 32.7 Å². The Kier molecular flexibility index (Phi) is 11.0. The molecule has 13 nitrogen and oxygen atoms in total. The van der Waals surface area contributed by atoms with Crippen LogP contribution in [0.2, 0.25) is 5.15 Å². The Labute approximate surface area is 256 Å². The van der Waals surface area contributed by atoms with Crippen molar-refractivity contribution in [2.75, 3.05) is 18.6 Å². The number of nitrogens with one attached hydrogen (secondary N) is 3. The fraction of sp³-hybridized carbons (Fsp3) is 0.464. The van der Waals surface area contributed by atoms with Crippen LogP contribution in [0.3, 0.4) is 0 Å². The summed E-state index contributed by atoms with van der Waals surface area (Å²) < 4.78 is 40.2. The van der Waals surface area contributed by atoms with Crippen LogP contribution in [0.1, 0.15) is 58.8 Å². The number of amides is 2. The molecule has 0 aromatic carbocycles. The van der Waals surface area contributed by atoms with E-state index in [0.29, 0.717) is 36.1 Å². The van der Waals surface area contributed by atoms with Gasteiger partial charge < -0.3 is 20.1 Å². The van der Waals surface area contributed by atoms with Crippen LogP contribution in [0.5, 0.6) is 5.88 Å². The number of ether oxygens (including phenoxy) is 2. The van der Waals surface area contributed by atoms with Crippen molar-refractivity contribution in [2.45, 2.75) is 59.1 Å². The van der Waals surface area contributed by atoms with Crippen LogP contribution in [0.25, 0.3) is 5.82 Å². The maximum absolute atomic E-state index is 12.9. The van der Waals surface area contributed by atoms with Gasteiger partial charge in [-0.25, -0.2) is 24.2 Å². The first kappa shape index (κ1) is 33.6. The molecule has 0 spiro atoms. The van der Waals surface area contributed by atoms with Gasteiger partial charge in [-0.1, -0.05) is 45.4 Å². The molecule has 0 radical (unpaired) electrons. The van der Waals surface area contributed by atoms with Gasteiger partial charge in [-0.3, -0.25) is 4.79 Å². The SMILES string of the molecule is CC(C)C(COc1ccn(-c2ccc(C(=O)NS(=O)(=O)c3cccc(NCNC(=O)OC(C)(C)C)n3)c(Cl)n2)n1)C(C)C. The molecule has 0 aliphatic rings. The monoisotopic (exact) mass is 635 g/mol. The molecule has 0 unspecified atom stereocenters. The summed E-state index contributed by atoms with van der Waals surface area (Å²) in [6, 6.07) is 8.67. The van der Waals surface area contributed by atoms with Gasteiger partial charge >= 0.3 is 6.09 Å². The molecule has 0 bridgehead atoms. The van der Waals surface area contributed by atoms with Crippen LogP contribution in [0.15, 0.2) is 47.6 Å². The van der Waals surface area contributed by atoms with Crippen molar-refractivity contribution >= 4 is 39.4 Å². The third kappa shape index (κ3) is 9.82. The molecule has 3 heterocycles. The van der Waals surface area contributed by atoms with Crippen LogP contribution in [-0.2, 0) is 14.8 Å². The second-order valence-corrected chi connectivity index (χ2v) is 13.4. The van der Waals surface area contributed by atoms with E-state index in [1.165, 1.54) is 35.0 Å². The maximum Gasteiger partial charge on any atom is 0.409 e. The lowest BCUT2D eigenvalue weighted by Crippen LogP contribution is -2.35. The molecular formula is C28H38ClN7O6S. The average Bonchev–Trinajstić information content (AvgIpc) is 3.36. The number of aromatic nitrogens is 4. The average molecular weight is 636 g/mol. The molecule has 43 heavy (non-hydrogen) atoms. The van der Waals surface area contributed by atoms with Gasteiger partial charge in [-0.05, 0) is 62.8 Å². The molecule has 15 heteroatoms. The third-order valence-electron chi connectivity index (χ3n) is 6.14. The highest BCUT2D eigenvalue weighted by Gasteiger charge is 2.24. The van der Waals surface area contributed by atoms with Gasteiger partial charge in [0.15, 0.2) is 10.8 Å². The largest absolute Gasteiger partial charge is 0.476 e. The van der Waals surface area contributed by atoms with E-state index in [0.717, 1.165) is 0 Å². The van der Waals surface area contributed by atoms with E-state index in [-0.39, 0.29) is 23.2 Å². The highest BCUT2D eigenvalue weighted by molar-refractivity contribution is 7.90. The van der Waals surface area contributed by atoms with E-state index >= 15 is 0 Å². The number of anilines is 1. The standard InChI is InChI=1S/C28H38ClN7O6S/c1-17(2)20(18(3)4)15-41-23-13-14-36(34-23)22-12-11-19(25(29)33-22)26(37)35-43(39,40)24-10-8-9-21(32-24)30-16-31-27(38)42-28(5,6)7/h8-14,17-18,20H,15-16H2,1-7H3,(H,30,32)(H,31,38)(H,35,37). The van der Waals surface area contributed by atoms with E-state index in [1.54, 1.807) is 33.0 Å². The molecule has 3 aromatic heterocycles. The summed E-state index contributed by atoms with van der Waals surface area (Å²) in [5.74, 6) is 1.15. The molecule has 3 aromatic rings. The molecule has 0 saturated carbocycles. The number of carbonyl (C=O) groups is 2. The molecule has 0 atom stereocenters. The zero-order valence-corrected chi connectivity index (χ0v) is 26.8. The van der Waals surface area contributed by atoms with E-state index in [4.69, 9.17) is 21.1 Å². The zero-order chi connectivity index (χ0) is 31.9. The lowest BCUT2D eigenvalue weighted by Gasteiger charge is -2.24. The van der Waals surface area contributed by atoms with Crippen molar-refractivity contribution in [3.8, 4) is 11.7 Å². The van der Waals surface area contributed by atoms with Gasteiger partial charge in [0.2, 0.25) is 5.88 Å². The van der Waals surface area contributed by atoms with Crippen molar-refractivity contribution in [3.05, 3.63) is 53.3 Å². The highest BCUT2D eigenvalue weighted by atomic mass is 35.5. The van der Waals surface area contributed by atoms with Gasteiger partial charge in [0.1, 0.15) is 16.6 Å². The molecule has 3 N–H and O–H groups in total. The minimum Gasteiger partial charge on any atom is -0.476 e. The number of alkyl carbamates (subject to hydrolysis) is 1. The molecule has 0 aliphatic carbocycles. The van der Waals surface area contributed by atoms with Crippen LogP contribution in [-0.4, -0.2) is 59.0 Å². The van der Waals surface area contributed by atoms with Crippen LogP contribution < -0.4 is 20.1 Å². The summed E-state index contributed by atoms with van der Waals surface area (Å²) in [5, 5.41) is 8.97. The van der Waals surface area contributed by atoms with Crippen LogP contribution in [0, 0.1) is 17.8 Å². The summed E-state index contributed by atoms with van der Waals surface area (Å²) >= 11 is 6.27. The second-order valence-electron chi connectivity index (χ2n) is 11.4. The number of rotatable bonds is 12. The summed E-state index contributed by atoms with van der Waals surface area (Å²) in [6.45, 7) is 14.2. The Morgan fingerprint density at radius 2 is 1.72 bits per heavy atom. The second kappa shape index (κ2) is 14.0. The van der Waals surface area contributed by atoms with Crippen molar-refractivity contribution in [1.29, 1.82) is 0 Å². The topological polar surface area (TPSA) is 166 Å². The molecule has 3 rings (SSSR count). The number of sulfonamides is 1. The van der Waals surface area contributed by atoms with Crippen LogP contribution >= 0.6 is 11.6 Å². The Bertz CT molecular complexity index is 1530. The molecule has 234 valence electrons. The number of halogens is 1. The summed E-state index contributed by atoms with van der Waals surface area (Å²) in [4.78, 5) is 32.8. The number of nitrogens with zero attached hydrogens (tertiary/aromatic N) is 4. The van der Waals surface area contributed by atoms with Crippen molar-refractivity contribution in [1.82, 2.24) is 29.8 Å². The lowest BCUT2D eigenvalue weighted by molar-refractivity contribution is 0.0531. The first-order valence-corrected chi connectivity index (χ1v) is 15.5. The zero-order valence-electron chi connectivity index (χ0n) is 25.2. The predicted octanol–water partition coefficient (Wildman–Crippen LogP) is 4.64. The van der Waals surface area contributed by atoms with E-state index in [9.17, 15) is 18.0 Å². The van der Waals surface area contributed by atoms with Crippen molar-refractivity contribution in [3.63, 3.8) is 0 Å². The highest BCUT2D eigenvalue weighted by Crippen LogP contribution is 2.23. The number of pyridine rings is 2. The molecule has 0 fully saturated rings. The van der Waals surface area contributed by atoms with Gasteiger partial charge in [0.05, 0.1) is 18.8 Å². The predicted molar refractivity (Wildman–Crippen MR) is 162 cm³/mol. The number of carbonyl (C=O) groups excluding carboxylic acids is 2. The number of hydrogen-bond acceptors (Lipinski definition) is 10. The van der Waals surface area contributed by atoms with E-state index in [1.807, 2.05) is 4.72 Å². The Morgan fingerprint density at radius 1 is 1.02 bits per heavy atom. The summed E-state index contributed by atoms with van der Waals surface area (Å²) in [6.07, 6.45) is 0.989. The fourth-order valence-corrected chi connectivity index (χ4v) is 5.15. The fourth-order valence-electron chi connectivity index (χ4n) is 3.98. The first-order valence-electron chi connectivity index (χ1n) is 13.7. The Balaban J connectivity index is 1.64. The maximum atomic E-state index is 12.9. The minimum atomic E-state index is -4.38. The van der Waals surface area contributed by atoms with Crippen molar-refractivity contribution in [2.24, 2.45) is 17.8 Å². The quantitative estimate of drug-likeness (QED) is 0.188. The van der Waals surface area contributed by atoms with Gasteiger partial charge in [0, 0.05) is 12.3 Å². The normalized spacial score (nSPS) is 12.0. The van der Waals surface area contributed by atoms with Gasteiger partial charge in [-0.15, -0.1) is 5.10 Å². The molecular weight excluding hydrogens is 598 g/mol. The van der Waals surface area contributed by atoms with Gasteiger partial charge in [-0.2, -0.15) is 8.42 Å². The Morgan fingerprint density at radius 3 is 2.35 bits per heavy atom. The smallest absolute Gasteiger partial charge is 0.409 e. The molecule has 2 amide bonds. The van der Waals surface area contributed by atoms with Crippen molar-refractivity contribution < 1.29 is 27.5 Å². The Hall–Kier alpha value is -3.91. The van der Waals surface area contributed by atoms with Gasteiger partial charge in [0.25, 0.3) is 15.9 Å². The summed E-state index contributed by atoms with van der Waals surface area (Å²) in [7, 11) is -4.38. The lowest BCUT2D eigenvalue weighted by atomic mass is 9.86. The summed E-state index contributed by atoms with van der Waals surface area (Å²) in [5.41, 5.74) is -0.833. The molecule has 0 saturated heterocycles. The third-order valence-corrected chi connectivity index (χ3v) is 7.66. The molecule has 0 aliphatic heterocycles. The van der Waals surface area contributed by atoms with E-state index in [2.05, 4.69) is 53.4 Å².